The number of phenols is 1. The van der Waals surface area contributed by atoms with E-state index in [2.05, 4.69) is 29.1 Å². The van der Waals surface area contributed by atoms with Crippen molar-refractivity contribution in [2.75, 3.05) is 31.6 Å². The summed E-state index contributed by atoms with van der Waals surface area (Å²) in [4.78, 5) is 6.73. The lowest BCUT2D eigenvalue weighted by molar-refractivity contribution is -0.124. The van der Waals surface area contributed by atoms with Crippen LogP contribution in [0.5, 0.6) is 5.75 Å². The van der Waals surface area contributed by atoms with Gasteiger partial charge in [-0.25, -0.2) is 13.2 Å². The fourth-order valence-electron chi connectivity index (χ4n) is 5.38. The number of alkyl halides is 3. The molecule has 1 aliphatic carbocycles. The Morgan fingerprint density at radius 1 is 0.950 bits per heavy atom. The molecule has 1 aromatic carbocycles. The molecule has 0 atom stereocenters. The molecule has 0 spiro atoms. The number of pyridine rings is 1. The quantitative estimate of drug-likeness (QED) is 0.191. The minimum absolute atomic E-state index is 0.341. The number of aromatic hydroxyl groups is 1. The average Bonchev–Trinajstić information content (AvgIpc) is 3.08. The highest BCUT2D eigenvalue weighted by Crippen LogP contribution is 2.39. The summed E-state index contributed by atoms with van der Waals surface area (Å²) in [5.41, 5.74) is 4.09. The average molecular weight is 577 g/mol. The van der Waals surface area contributed by atoms with Crippen LogP contribution in [-0.2, 0) is 6.42 Å². The van der Waals surface area contributed by atoms with Gasteiger partial charge in [0.05, 0.1) is 0 Å². The Bertz CT molecular complexity index is 1070. The summed E-state index contributed by atoms with van der Waals surface area (Å²) in [6.07, 6.45) is 13.6. The van der Waals surface area contributed by atoms with Gasteiger partial charge < -0.3 is 10.0 Å². The smallest absolute Gasteiger partial charge is 0.280 e. The van der Waals surface area contributed by atoms with E-state index in [1.165, 1.54) is 40.7 Å². The zero-order chi connectivity index (χ0) is 29.0. The van der Waals surface area contributed by atoms with Gasteiger partial charge in [-0.3, -0.25) is 4.98 Å². The predicted molar refractivity (Wildman–Crippen MR) is 164 cm³/mol. The number of hydrogen-bond donors (Lipinski definition) is 1. The van der Waals surface area contributed by atoms with E-state index in [1.54, 1.807) is 11.8 Å². The molecule has 1 heterocycles. The molecule has 1 N–H and O–H groups in total. The minimum atomic E-state index is -3.25. The molecule has 0 saturated heterocycles. The van der Waals surface area contributed by atoms with Crippen molar-refractivity contribution in [2.24, 2.45) is 0 Å². The monoisotopic (exact) mass is 576 g/mol. The molecular weight excluding hydrogens is 529 g/mol. The first-order valence-electron chi connectivity index (χ1n) is 14.9. The summed E-state index contributed by atoms with van der Waals surface area (Å²) in [6, 6.07) is 10.0. The molecule has 1 aliphatic rings. The number of fused-ring (bicyclic) bond motifs is 1. The number of thioether (sulfide) groups is 1. The van der Waals surface area contributed by atoms with Gasteiger partial charge in [-0.2, -0.15) is 11.8 Å². The molecule has 3 nitrogen and oxygen atoms in total. The van der Waals surface area contributed by atoms with Crippen molar-refractivity contribution in [2.45, 2.75) is 96.1 Å². The zero-order valence-corrected chi connectivity index (χ0v) is 25.3. The van der Waals surface area contributed by atoms with Gasteiger partial charge in [-0.1, -0.05) is 25.0 Å². The predicted octanol–water partition coefficient (Wildman–Crippen LogP) is 9.20. The normalized spacial score (nSPS) is 14.5. The summed E-state index contributed by atoms with van der Waals surface area (Å²) >= 11 is 1.69. The third-order valence-corrected chi connectivity index (χ3v) is 9.01. The first-order valence-corrected chi connectivity index (χ1v) is 16.0. The zero-order valence-electron chi connectivity index (χ0n) is 24.5. The highest BCUT2D eigenvalue weighted by atomic mass is 32.2. The van der Waals surface area contributed by atoms with Crippen molar-refractivity contribution in [3.8, 4) is 5.75 Å². The largest absolute Gasteiger partial charge is 0.508 e. The molecule has 0 bridgehead atoms. The molecule has 0 aliphatic heterocycles. The number of phenolic OH excluding ortho intramolecular Hbond substituents is 1. The fraction of sp³-hybridized carbons (Fsp3) is 0.606. The number of unbranched alkanes of at least 4 members (excludes halogenated alkanes) is 3. The number of benzene rings is 1. The lowest BCUT2D eigenvalue weighted by atomic mass is 9.89. The van der Waals surface area contributed by atoms with Gasteiger partial charge >= 0.3 is 0 Å². The summed E-state index contributed by atoms with van der Waals surface area (Å²) in [6.45, 7) is 3.98. The summed E-state index contributed by atoms with van der Waals surface area (Å²) < 4.78 is 40.9. The van der Waals surface area contributed by atoms with Crippen molar-refractivity contribution in [1.82, 2.24) is 9.88 Å². The maximum Gasteiger partial charge on any atom is 0.280 e. The highest BCUT2D eigenvalue weighted by Gasteiger charge is 2.46. The van der Waals surface area contributed by atoms with Crippen LogP contribution >= 0.6 is 11.8 Å². The number of nitrogens with zero attached hydrogens (tertiary/aromatic N) is 2. The third kappa shape index (κ3) is 10.1. The molecule has 0 unspecified atom stereocenters. The van der Waals surface area contributed by atoms with Crippen LogP contribution in [-0.4, -0.2) is 58.2 Å². The van der Waals surface area contributed by atoms with E-state index in [9.17, 15) is 18.3 Å². The lowest BCUT2D eigenvalue weighted by Crippen LogP contribution is -2.38. The van der Waals surface area contributed by atoms with Gasteiger partial charge in [0.1, 0.15) is 5.75 Å². The maximum atomic E-state index is 13.7. The summed E-state index contributed by atoms with van der Waals surface area (Å²) in [5, 5.41) is 10.1. The SMILES string of the molecule is CN(CCCCCCC1=C(c2cccnc2)CCCc2cc(O)ccc21)CCCSCCCC(F)(F)C(C)(C)F. The van der Waals surface area contributed by atoms with E-state index in [4.69, 9.17) is 0 Å². The fourth-order valence-corrected chi connectivity index (χ4v) is 6.26. The van der Waals surface area contributed by atoms with Gasteiger partial charge in [0.2, 0.25) is 0 Å². The molecule has 0 fully saturated rings. The van der Waals surface area contributed by atoms with Crippen LogP contribution < -0.4 is 0 Å². The second-order valence-corrected chi connectivity index (χ2v) is 12.8. The molecule has 0 radical (unpaired) electrons. The molecule has 2 aromatic rings. The number of allylic oxidation sites excluding steroid dienone is 2. The molecule has 0 saturated carbocycles. The lowest BCUT2D eigenvalue weighted by Gasteiger charge is -2.26. The molecule has 7 heteroatoms. The Labute approximate surface area is 243 Å². The van der Waals surface area contributed by atoms with E-state index in [-0.39, 0.29) is 6.42 Å². The van der Waals surface area contributed by atoms with Crippen LogP contribution in [0.15, 0.2) is 42.7 Å². The van der Waals surface area contributed by atoms with E-state index in [0.717, 1.165) is 77.6 Å². The van der Waals surface area contributed by atoms with E-state index >= 15 is 0 Å². The van der Waals surface area contributed by atoms with Gasteiger partial charge in [0.15, 0.2) is 5.67 Å². The van der Waals surface area contributed by atoms with Crippen molar-refractivity contribution in [1.29, 1.82) is 0 Å². The number of rotatable bonds is 17. The Morgan fingerprint density at radius 3 is 2.45 bits per heavy atom. The third-order valence-electron chi connectivity index (χ3n) is 7.86. The maximum absolute atomic E-state index is 13.7. The molecule has 222 valence electrons. The number of aromatic nitrogens is 1. The van der Waals surface area contributed by atoms with E-state index < -0.39 is 11.6 Å². The van der Waals surface area contributed by atoms with Crippen LogP contribution in [0.2, 0.25) is 0 Å². The Balaban J connectivity index is 1.36. The Morgan fingerprint density at radius 2 is 1.70 bits per heavy atom. The highest BCUT2D eigenvalue weighted by molar-refractivity contribution is 7.99. The van der Waals surface area contributed by atoms with Crippen LogP contribution in [0, 0.1) is 0 Å². The van der Waals surface area contributed by atoms with Gasteiger partial charge in [0.25, 0.3) is 5.92 Å². The topological polar surface area (TPSA) is 36.4 Å². The molecule has 0 amide bonds. The standard InChI is InChI=1S/C33H47F3N2OS/c1-32(2,34)33(35,36)18-10-22-40-23-11-21-38(3)20-7-5-4-6-14-31-29(27-13-9-19-37-25-27)15-8-12-26-24-28(39)16-17-30(26)31/h9,13,16-17,19,24-25,39H,4-8,10-12,14-15,18,20-23H2,1-3H3. The van der Waals surface area contributed by atoms with Crippen LogP contribution in [0.1, 0.15) is 94.7 Å². The first kappa shape index (κ1) is 32.5. The molecule has 40 heavy (non-hydrogen) atoms. The van der Waals surface area contributed by atoms with Gasteiger partial charge in [0, 0.05) is 18.8 Å². The van der Waals surface area contributed by atoms with E-state index in [0.29, 0.717) is 17.9 Å². The van der Waals surface area contributed by atoms with Crippen molar-refractivity contribution in [3.63, 3.8) is 0 Å². The van der Waals surface area contributed by atoms with Crippen LogP contribution in [0.4, 0.5) is 13.2 Å². The summed E-state index contributed by atoms with van der Waals surface area (Å²) in [7, 11) is 2.15. The van der Waals surface area contributed by atoms with Crippen molar-refractivity contribution >= 4 is 22.9 Å². The number of hydrogen-bond acceptors (Lipinski definition) is 4. The number of aryl methyl sites for hydroxylation is 1. The second kappa shape index (κ2) is 15.9. The first-order chi connectivity index (χ1) is 19.1. The molecule has 3 rings (SSSR count). The van der Waals surface area contributed by atoms with Gasteiger partial charge in [-0.15, -0.1) is 0 Å². The molecule has 1 aromatic heterocycles. The Kier molecular flexibility index (Phi) is 12.9. The van der Waals surface area contributed by atoms with Crippen LogP contribution in [0.3, 0.4) is 0 Å². The minimum Gasteiger partial charge on any atom is -0.508 e. The van der Waals surface area contributed by atoms with Gasteiger partial charge in [-0.05, 0) is 143 Å². The van der Waals surface area contributed by atoms with E-state index in [1.807, 2.05) is 30.6 Å². The Hall–Kier alpha value is -1.99. The van der Waals surface area contributed by atoms with Crippen molar-refractivity contribution < 1.29 is 18.3 Å². The van der Waals surface area contributed by atoms with Crippen LogP contribution in [0.25, 0.3) is 11.1 Å². The summed E-state index contributed by atoms with van der Waals surface area (Å²) in [5.74, 6) is -1.31. The van der Waals surface area contributed by atoms with Crippen molar-refractivity contribution in [3.05, 3.63) is 59.4 Å². The molecular formula is C33H47F3N2OS. The second-order valence-electron chi connectivity index (χ2n) is 11.6. The number of halogens is 3.